The maximum atomic E-state index is 14.3. The monoisotopic (exact) mass is 513 g/mol. The quantitative estimate of drug-likeness (QED) is 0.314. The molecule has 2 aromatic heterocycles. The van der Waals surface area contributed by atoms with Crippen LogP contribution in [0.3, 0.4) is 0 Å². The van der Waals surface area contributed by atoms with Crippen LogP contribution in [-0.4, -0.2) is 38.0 Å². The molecule has 0 bridgehead atoms. The molecule has 0 unspecified atom stereocenters. The molecule has 192 valence electrons. The average molecular weight is 513 g/mol. The second kappa shape index (κ2) is 10.4. The number of likely N-dealkylation sites (N-methyl/N-ethyl adjacent to an activating group) is 1. The summed E-state index contributed by atoms with van der Waals surface area (Å²) in [4.78, 5) is 29.9. The fourth-order valence-electron chi connectivity index (χ4n) is 4.29. The van der Waals surface area contributed by atoms with Gasteiger partial charge in [0.1, 0.15) is 12.4 Å². The molecule has 2 aromatic carbocycles. The minimum atomic E-state index is -4.61. The van der Waals surface area contributed by atoms with Crippen molar-refractivity contribution in [2.45, 2.75) is 32.6 Å². The van der Waals surface area contributed by atoms with Crippen LogP contribution < -0.4 is 0 Å². The van der Waals surface area contributed by atoms with Crippen LogP contribution in [-0.2, 0) is 35.3 Å². The Morgan fingerprint density at radius 3 is 2.51 bits per heavy atom. The van der Waals surface area contributed by atoms with Crippen LogP contribution in [0.1, 0.15) is 23.6 Å². The lowest BCUT2D eigenvalue weighted by molar-refractivity contribution is -0.138. The Bertz CT molecular complexity index is 1450. The van der Waals surface area contributed by atoms with Gasteiger partial charge in [0.2, 0.25) is 5.91 Å². The lowest BCUT2D eigenvalue weighted by Crippen LogP contribution is -2.31. The maximum Gasteiger partial charge on any atom is 0.416 e. The minimum Gasteiger partial charge on any atom is -0.480 e. The van der Waals surface area contributed by atoms with Crippen LogP contribution in [0.25, 0.3) is 22.0 Å². The smallest absolute Gasteiger partial charge is 0.416 e. The summed E-state index contributed by atoms with van der Waals surface area (Å²) in [6, 6.07) is 10.4. The van der Waals surface area contributed by atoms with Gasteiger partial charge >= 0.3 is 12.1 Å². The van der Waals surface area contributed by atoms with E-state index in [0.29, 0.717) is 34.3 Å². The van der Waals surface area contributed by atoms with Gasteiger partial charge in [0.05, 0.1) is 12.0 Å². The standard InChI is InChI=1S/C27H23F4N3O3/c1-2-33(25(35)10-17-4-3-9-32-13-17)14-18-11-20(28)6-7-21(18)23-15-34(16-26(36)37)24-8-5-19(12-22(23)24)27(29,30)31/h3-9,11-13,15H,2,10,14,16H2,1H3,(H,36,37). The summed E-state index contributed by atoms with van der Waals surface area (Å²) in [5.41, 5.74) is 1.21. The topological polar surface area (TPSA) is 75.4 Å². The van der Waals surface area contributed by atoms with Gasteiger partial charge in [-0.2, -0.15) is 13.2 Å². The van der Waals surface area contributed by atoms with E-state index in [1.54, 1.807) is 31.5 Å². The van der Waals surface area contributed by atoms with E-state index >= 15 is 0 Å². The largest absolute Gasteiger partial charge is 0.480 e. The van der Waals surface area contributed by atoms with E-state index in [4.69, 9.17) is 0 Å². The number of halogens is 4. The number of nitrogens with zero attached hydrogens (tertiary/aromatic N) is 3. The number of carboxylic acids is 1. The second-order valence-corrected chi connectivity index (χ2v) is 8.54. The van der Waals surface area contributed by atoms with Crippen LogP contribution in [0.15, 0.2) is 67.1 Å². The van der Waals surface area contributed by atoms with Gasteiger partial charge in [-0.1, -0.05) is 12.1 Å². The van der Waals surface area contributed by atoms with Crippen LogP contribution in [0.4, 0.5) is 17.6 Å². The van der Waals surface area contributed by atoms with Gasteiger partial charge in [0, 0.05) is 48.1 Å². The fraction of sp³-hybridized carbons (Fsp3) is 0.222. The number of pyridine rings is 1. The predicted octanol–water partition coefficient (Wildman–Crippen LogP) is 5.54. The normalized spacial score (nSPS) is 11.6. The Morgan fingerprint density at radius 1 is 1.08 bits per heavy atom. The number of carboxylic acid groups (broad SMARTS) is 1. The van der Waals surface area contributed by atoms with E-state index in [-0.39, 0.29) is 24.3 Å². The number of carbonyl (C=O) groups excluding carboxylic acids is 1. The highest BCUT2D eigenvalue weighted by Crippen LogP contribution is 2.38. The molecule has 0 saturated heterocycles. The van der Waals surface area contributed by atoms with Crippen molar-refractivity contribution in [1.29, 1.82) is 0 Å². The number of aromatic nitrogens is 2. The molecule has 0 saturated carbocycles. The Kier molecular flexibility index (Phi) is 7.28. The van der Waals surface area contributed by atoms with E-state index in [0.717, 1.165) is 12.1 Å². The van der Waals surface area contributed by atoms with E-state index in [2.05, 4.69) is 4.98 Å². The van der Waals surface area contributed by atoms with Crippen molar-refractivity contribution < 1.29 is 32.3 Å². The number of benzene rings is 2. The van der Waals surface area contributed by atoms with E-state index in [1.165, 1.54) is 39.9 Å². The van der Waals surface area contributed by atoms with Crippen LogP contribution >= 0.6 is 0 Å². The number of alkyl halides is 3. The lowest BCUT2D eigenvalue weighted by atomic mass is 9.97. The van der Waals surface area contributed by atoms with E-state index < -0.39 is 30.1 Å². The summed E-state index contributed by atoms with van der Waals surface area (Å²) in [5, 5.41) is 9.49. The molecule has 1 N–H and O–H groups in total. The van der Waals surface area contributed by atoms with Gasteiger partial charge in [0.25, 0.3) is 0 Å². The van der Waals surface area contributed by atoms with Crippen molar-refractivity contribution in [2.75, 3.05) is 6.54 Å². The van der Waals surface area contributed by atoms with Crippen molar-refractivity contribution >= 4 is 22.8 Å². The third-order valence-corrected chi connectivity index (χ3v) is 6.05. The average Bonchev–Trinajstić information content (AvgIpc) is 3.19. The molecule has 37 heavy (non-hydrogen) atoms. The highest BCUT2D eigenvalue weighted by atomic mass is 19.4. The molecule has 6 nitrogen and oxygen atoms in total. The molecule has 0 fully saturated rings. The Hall–Kier alpha value is -4.21. The van der Waals surface area contributed by atoms with Crippen LogP contribution in [0.2, 0.25) is 0 Å². The van der Waals surface area contributed by atoms with Crippen LogP contribution in [0, 0.1) is 5.82 Å². The van der Waals surface area contributed by atoms with Gasteiger partial charge in [-0.3, -0.25) is 14.6 Å². The zero-order valence-corrected chi connectivity index (χ0v) is 19.8. The molecule has 0 aliphatic heterocycles. The number of aliphatic carboxylic acids is 1. The summed E-state index contributed by atoms with van der Waals surface area (Å²) in [7, 11) is 0. The first kappa shape index (κ1) is 25.9. The third-order valence-electron chi connectivity index (χ3n) is 6.05. The molecule has 0 aliphatic carbocycles. The lowest BCUT2D eigenvalue weighted by Gasteiger charge is -2.23. The predicted molar refractivity (Wildman–Crippen MR) is 129 cm³/mol. The zero-order valence-electron chi connectivity index (χ0n) is 19.8. The van der Waals surface area contributed by atoms with Crippen molar-refractivity contribution in [2.24, 2.45) is 0 Å². The maximum absolute atomic E-state index is 14.3. The Labute approximate surface area is 209 Å². The van der Waals surface area contributed by atoms with Gasteiger partial charge in [0.15, 0.2) is 0 Å². The molecule has 0 aliphatic rings. The highest BCUT2D eigenvalue weighted by molar-refractivity contribution is 5.98. The van der Waals surface area contributed by atoms with Gasteiger partial charge < -0.3 is 14.6 Å². The molecule has 2 heterocycles. The molecular weight excluding hydrogens is 490 g/mol. The SMILES string of the molecule is CCN(Cc1cc(F)ccc1-c1cn(CC(=O)O)c2ccc(C(F)(F)F)cc12)C(=O)Cc1cccnc1. The van der Waals surface area contributed by atoms with Gasteiger partial charge in [-0.25, -0.2) is 4.39 Å². The number of rotatable bonds is 8. The number of hydrogen-bond acceptors (Lipinski definition) is 3. The van der Waals surface area contributed by atoms with Gasteiger partial charge in [-0.15, -0.1) is 0 Å². The summed E-state index contributed by atoms with van der Waals surface area (Å²) < 4.78 is 56.1. The Morgan fingerprint density at radius 2 is 1.86 bits per heavy atom. The van der Waals surface area contributed by atoms with E-state index in [1.807, 2.05) is 0 Å². The molecule has 4 aromatic rings. The molecule has 4 rings (SSSR count). The zero-order chi connectivity index (χ0) is 26.7. The molecule has 0 spiro atoms. The molecule has 10 heteroatoms. The van der Waals surface area contributed by atoms with Gasteiger partial charge in [-0.05, 0) is 60.0 Å². The van der Waals surface area contributed by atoms with Crippen LogP contribution in [0.5, 0.6) is 0 Å². The Balaban J connectivity index is 1.79. The third kappa shape index (κ3) is 5.79. The summed E-state index contributed by atoms with van der Waals surface area (Å²) in [6.45, 7) is 1.62. The molecule has 0 atom stereocenters. The van der Waals surface area contributed by atoms with E-state index in [9.17, 15) is 32.3 Å². The molecular formula is C27H23F4N3O3. The number of hydrogen-bond donors (Lipinski definition) is 1. The second-order valence-electron chi connectivity index (χ2n) is 8.54. The molecule has 0 radical (unpaired) electrons. The molecule has 1 amide bonds. The highest BCUT2D eigenvalue weighted by Gasteiger charge is 2.31. The first-order valence-electron chi connectivity index (χ1n) is 11.4. The van der Waals surface area contributed by atoms with Crippen molar-refractivity contribution in [3.8, 4) is 11.1 Å². The van der Waals surface area contributed by atoms with Crippen molar-refractivity contribution in [3.63, 3.8) is 0 Å². The number of fused-ring (bicyclic) bond motifs is 1. The summed E-state index contributed by atoms with van der Waals surface area (Å²) >= 11 is 0. The number of amides is 1. The first-order chi connectivity index (χ1) is 17.6. The number of carbonyl (C=O) groups is 2. The minimum absolute atomic E-state index is 0.00720. The summed E-state index contributed by atoms with van der Waals surface area (Å²) in [6.07, 6.45) is 0.0941. The fourth-order valence-corrected chi connectivity index (χ4v) is 4.29. The van der Waals surface area contributed by atoms with Crippen molar-refractivity contribution in [3.05, 3.63) is 89.6 Å². The van der Waals surface area contributed by atoms with Crippen molar-refractivity contribution in [1.82, 2.24) is 14.5 Å². The summed E-state index contributed by atoms with van der Waals surface area (Å²) in [5.74, 6) is -1.96. The first-order valence-corrected chi connectivity index (χ1v) is 11.4.